The van der Waals surface area contributed by atoms with Crippen molar-refractivity contribution in [3.63, 3.8) is 0 Å². The lowest BCUT2D eigenvalue weighted by Crippen LogP contribution is -2.56. The average molecular weight is 681 g/mol. The number of methoxy groups -OCH3 is 1. The van der Waals surface area contributed by atoms with Crippen molar-refractivity contribution < 1.29 is 32.3 Å². The summed E-state index contributed by atoms with van der Waals surface area (Å²) in [7, 11) is -2.93. The first kappa shape index (κ1) is 37.8. The van der Waals surface area contributed by atoms with E-state index in [0.29, 0.717) is 11.1 Å². The van der Waals surface area contributed by atoms with Gasteiger partial charge in [0.05, 0.1) is 30.6 Å². The number of ether oxygens (including phenoxy) is 2. The molecule has 14 heteroatoms. The molecule has 0 heterocycles. The number of hydrogen-bond acceptors (Lipinski definition) is 9. The number of carbonyl (C=O) groups is 3. The summed E-state index contributed by atoms with van der Waals surface area (Å²) >= 11 is 0. The van der Waals surface area contributed by atoms with Crippen LogP contribution in [0.3, 0.4) is 0 Å². The van der Waals surface area contributed by atoms with Crippen molar-refractivity contribution in [3.8, 4) is 0 Å². The summed E-state index contributed by atoms with van der Waals surface area (Å²) in [5, 5.41) is 13.1. The van der Waals surface area contributed by atoms with Gasteiger partial charge in [-0.1, -0.05) is 60.7 Å². The Morgan fingerprint density at radius 1 is 0.854 bits per heavy atom. The Morgan fingerprint density at radius 3 is 2.12 bits per heavy atom. The molecule has 0 saturated carbocycles. The zero-order valence-electron chi connectivity index (χ0n) is 27.5. The second-order valence-electron chi connectivity index (χ2n) is 12.2. The minimum Gasteiger partial charge on any atom is -0.465 e. The number of amidine groups is 1. The van der Waals surface area contributed by atoms with Gasteiger partial charge in [0, 0.05) is 25.1 Å². The molecule has 3 aromatic rings. The normalized spacial score (nSPS) is 12.9. The maximum absolute atomic E-state index is 13.8. The maximum Gasteiger partial charge on any atom is 0.337 e. The van der Waals surface area contributed by atoms with E-state index >= 15 is 0 Å². The van der Waals surface area contributed by atoms with E-state index in [4.69, 9.17) is 26.4 Å². The van der Waals surface area contributed by atoms with Gasteiger partial charge in [-0.15, -0.1) is 0 Å². The van der Waals surface area contributed by atoms with Crippen molar-refractivity contribution in [2.24, 2.45) is 11.5 Å². The predicted molar refractivity (Wildman–Crippen MR) is 182 cm³/mol. The standard InChI is InChI=1S/C34H44N6O7S/c1-34(2,3)47-20-29(40-48(44,45)21-25-9-6-10-27(16-25)33(43)46-4)32(42)39-28(17-23-7-5-8-24(15-23)18-35)31(41)38-19-22-11-13-26(14-12-22)30(36)37/h5-16,28-29,40H,17-21,35H2,1-4H3,(H3,36,37)(H,38,41)(H,39,42)/t28-,29+/m0/s1. The van der Waals surface area contributed by atoms with Crippen molar-refractivity contribution in [1.82, 2.24) is 15.4 Å². The second-order valence-corrected chi connectivity index (χ2v) is 13.9. The first-order valence-corrected chi connectivity index (χ1v) is 16.8. The van der Waals surface area contributed by atoms with Gasteiger partial charge < -0.3 is 31.6 Å². The Labute approximate surface area is 281 Å². The largest absolute Gasteiger partial charge is 0.465 e. The van der Waals surface area contributed by atoms with Gasteiger partial charge >= 0.3 is 5.97 Å². The highest BCUT2D eigenvalue weighted by Gasteiger charge is 2.31. The van der Waals surface area contributed by atoms with Crippen LogP contribution in [0.1, 0.15) is 58.9 Å². The Hall–Kier alpha value is -4.63. The lowest BCUT2D eigenvalue weighted by molar-refractivity contribution is -0.131. The zero-order chi connectivity index (χ0) is 35.5. The highest BCUT2D eigenvalue weighted by atomic mass is 32.2. The van der Waals surface area contributed by atoms with Gasteiger partial charge in [0.25, 0.3) is 0 Å². The zero-order valence-corrected chi connectivity index (χ0v) is 28.4. The Balaban J connectivity index is 1.84. The molecule has 258 valence electrons. The molecule has 13 nitrogen and oxygen atoms in total. The molecular formula is C34H44N6O7S. The number of esters is 1. The Kier molecular flexibility index (Phi) is 13.4. The number of sulfonamides is 1. The predicted octanol–water partition coefficient (Wildman–Crippen LogP) is 1.86. The SMILES string of the molecule is COC(=O)c1cccc(CS(=O)(=O)N[C@H](COC(C)(C)C)C(=O)N[C@@H](Cc2cccc(CN)c2)C(=O)NCc2ccc(C(=N)N)cc2)c1. The fourth-order valence-electron chi connectivity index (χ4n) is 4.60. The van der Waals surface area contributed by atoms with E-state index in [-0.39, 0.29) is 37.5 Å². The number of amides is 2. The van der Waals surface area contributed by atoms with Crippen LogP contribution < -0.4 is 26.8 Å². The monoisotopic (exact) mass is 680 g/mol. The lowest BCUT2D eigenvalue weighted by Gasteiger charge is -2.26. The summed E-state index contributed by atoms with van der Waals surface area (Å²) < 4.78 is 39.6. The van der Waals surface area contributed by atoms with Crippen LogP contribution >= 0.6 is 0 Å². The molecule has 3 aromatic carbocycles. The summed E-state index contributed by atoms with van der Waals surface area (Å²) in [6.07, 6.45) is 0.0919. The molecule has 0 aliphatic rings. The lowest BCUT2D eigenvalue weighted by atomic mass is 10.0. The van der Waals surface area contributed by atoms with Crippen LogP contribution in [0.2, 0.25) is 0 Å². The van der Waals surface area contributed by atoms with Gasteiger partial charge in [0.1, 0.15) is 17.9 Å². The average Bonchev–Trinajstić information content (AvgIpc) is 3.04. The topological polar surface area (TPSA) is 216 Å². The van der Waals surface area contributed by atoms with Gasteiger partial charge in [-0.25, -0.2) is 17.9 Å². The van der Waals surface area contributed by atoms with Crippen LogP contribution in [-0.4, -0.2) is 63.4 Å². The van der Waals surface area contributed by atoms with Gasteiger partial charge in [0.2, 0.25) is 21.8 Å². The molecular weight excluding hydrogens is 636 g/mol. The third-order valence-electron chi connectivity index (χ3n) is 7.06. The van der Waals surface area contributed by atoms with Gasteiger partial charge in [-0.3, -0.25) is 15.0 Å². The van der Waals surface area contributed by atoms with Crippen molar-refractivity contribution in [2.75, 3.05) is 13.7 Å². The molecule has 0 bridgehead atoms. The van der Waals surface area contributed by atoms with E-state index in [1.165, 1.54) is 31.4 Å². The van der Waals surface area contributed by atoms with Gasteiger partial charge in [-0.2, -0.15) is 0 Å². The van der Waals surface area contributed by atoms with Crippen LogP contribution in [0, 0.1) is 5.41 Å². The molecule has 0 aliphatic heterocycles. The number of carbonyl (C=O) groups excluding carboxylic acids is 3. The molecule has 3 rings (SSSR count). The fraction of sp³-hybridized carbons (Fsp3) is 0.353. The Bertz CT molecular complexity index is 1710. The molecule has 2 amide bonds. The van der Waals surface area contributed by atoms with Crippen molar-refractivity contribution in [1.29, 1.82) is 5.41 Å². The number of nitrogen functional groups attached to an aromatic ring is 1. The fourth-order valence-corrected chi connectivity index (χ4v) is 5.91. The summed E-state index contributed by atoms with van der Waals surface area (Å²) in [6.45, 7) is 5.37. The van der Waals surface area contributed by atoms with Crippen LogP contribution in [-0.2, 0) is 54.3 Å². The van der Waals surface area contributed by atoms with Crippen LogP contribution in [0.15, 0.2) is 72.8 Å². The van der Waals surface area contributed by atoms with Crippen LogP contribution in [0.25, 0.3) is 0 Å². The number of benzene rings is 3. The molecule has 0 spiro atoms. The number of rotatable bonds is 16. The summed E-state index contributed by atoms with van der Waals surface area (Å²) in [6, 6.07) is 17.5. The second kappa shape index (κ2) is 17.0. The minimum atomic E-state index is -4.16. The smallest absolute Gasteiger partial charge is 0.337 e. The van der Waals surface area contributed by atoms with E-state index in [9.17, 15) is 22.8 Å². The molecule has 0 fully saturated rings. The molecule has 0 radical (unpaired) electrons. The summed E-state index contributed by atoms with van der Waals surface area (Å²) in [5.74, 6) is -2.51. The van der Waals surface area contributed by atoms with Crippen LogP contribution in [0.5, 0.6) is 0 Å². The van der Waals surface area contributed by atoms with Crippen LogP contribution in [0.4, 0.5) is 0 Å². The first-order chi connectivity index (χ1) is 22.6. The quantitative estimate of drug-likeness (QED) is 0.0739. The van der Waals surface area contributed by atoms with Crippen molar-refractivity contribution in [3.05, 3.63) is 106 Å². The molecule has 8 N–H and O–H groups in total. The van der Waals surface area contributed by atoms with Crippen molar-refractivity contribution >= 4 is 33.6 Å². The Morgan fingerprint density at radius 2 is 1.50 bits per heavy atom. The summed E-state index contributed by atoms with van der Waals surface area (Å²) in [5.41, 5.74) is 14.0. The maximum atomic E-state index is 13.8. The minimum absolute atomic E-state index is 0.0802. The molecule has 48 heavy (non-hydrogen) atoms. The number of hydrogen-bond donors (Lipinski definition) is 6. The highest BCUT2D eigenvalue weighted by Crippen LogP contribution is 2.14. The highest BCUT2D eigenvalue weighted by molar-refractivity contribution is 7.88. The molecule has 0 aromatic heterocycles. The van der Waals surface area contributed by atoms with E-state index < -0.39 is 51.2 Å². The molecule has 0 aliphatic carbocycles. The van der Waals surface area contributed by atoms with Gasteiger partial charge in [0.15, 0.2) is 0 Å². The first-order valence-electron chi connectivity index (χ1n) is 15.2. The molecule has 0 unspecified atom stereocenters. The van der Waals surface area contributed by atoms with E-state index in [2.05, 4.69) is 15.4 Å². The third-order valence-corrected chi connectivity index (χ3v) is 8.41. The van der Waals surface area contributed by atoms with E-state index in [0.717, 1.165) is 16.7 Å². The van der Waals surface area contributed by atoms with Crippen molar-refractivity contribution in [2.45, 2.75) is 63.7 Å². The van der Waals surface area contributed by atoms with Gasteiger partial charge in [-0.05, 0) is 55.2 Å². The molecule has 0 saturated heterocycles. The third kappa shape index (κ3) is 12.2. The molecule has 2 atom stereocenters. The number of nitrogens with two attached hydrogens (primary N) is 2. The van der Waals surface area contributed by atoms with E-state index in [1.54, 1.807) is 57.2 Å². The van der Waals surface area contributed by atoms with E-state index in [1.807, 2.05) is 12.1 Å². The summed E-state index contributed by atoms with van der Waals surface area (Å²) in [4.78, 5) is 39.3. The number of nitrogens with one attached hydrogen (secondary N) is 4.